The zero-order chi connectivity index (χ0) is 15.6. The molecule has 22 heavy (non-hydrogen) atoms. The molecule has 0 bridgehead atoms. The van der Waals surface area contributed by atoms with Gasteiger partial charge in [-0.15, -0.1) is 0 Å². The molecule has 0 fully saturated rings. The molecule has 0 heterocycles. The molecule has 3 nitrogen and oxygen atoms in total. The highest BCUT2D eigenvalue weighted by molar-refractivity contribution is 6.30. The van der Waals surface area contributed by atoms with E-state index in [9.17, 15) is 4.79 Å². The van der Waals surface area contributed by atoms with Crippen molar-refractivity contribution in [3.05, 3.63) is 70.7 Å². The number of halogens is 1. The Labute approximate surface area is 136 Å². The minimum atomic E-state index is 0.0232. The molecule has 4 heteroatoms. The SMILES string of the molecule is O=C(CNCCc1ccccc1)NCCc1cccc(Cl)c1. The van der Waals surface area contributed by atoms with Gasteiger partial charge in [-0.25, -0.2) is 0 Å². The van der Waals surface area contributed by atoms with Gasteiger partial charge in [-0.3, -0.25) is 4.79 Å². The number of carbonyl (C=O) groups is 1. The molecule has 116 valence electrons. The van der Waals surface area contributed by atoms with Crippen LogP contribution in [0, 0.1) is 0 Å². The van der Waals surface area contributed by atoms with Crippen LogP contribution in [0.1, 0.15) is 11.1 Å². The van der Waals surface area contributed by atoms with Crippen LogP contribution in [0.4, 0.5) is 0 Å². The van der Waals surface area contributed by atoms with Crippen LogP contribution >= 0.6 is 11.6 Å². The number of carbonyl (C=O) groups excluding carboxylic acids is 1. The van der Waals surface area contributed by atoms with Gasteiger partial charge in [-0.1, -0.05) is 54.1 Å². The number of hydrogen-bond donors (Lipinski definition) is 2. The van der Waals surface area contributed by atoms with E-state index in [2.05, 4.69) is 22.8 Å². The molecular weight excluding hydrogens is 296 g/mol. The second-order valence-electron chi connectivity index (χ2n) is 5.14. The van der Waals surface area contributed by atoms with Gasteiger partial charge in [0.25, 0.3) is 0 Å². The summed E-state index contributed by atoms with van der Waals surface area (Å²) in [7, 11) is 0. The molecule has 2 rings (SSSR count). The summed E-state index contributed by atoms with van der Waals surface area (Å²) in [5, 5.41) is 6.79. The molecule has 0 aromatic heterocycles. The molecule has 0 aliphatic rings. The maximum Gasteiger partial charge on any atom is 0.233 e. The van der Waals surface area contributed by atoms with Crippen LogP contribution in [-0.4, -0.2) is 25.5 Å². The van der Waals surface area contributed by atoms with Crippen molar-refractivity contribution in [3.63, 3.8) is 0 Å². The van der Waals surface area contributed by atoms with Crippen molar-refractivity contribution in [2.45, 2.75) is 12.8 Å². The molecule has 0 aliphatic heterocycles. The minimum absolute atomic E-state index is 0.0232. The van der Waals surface area contributed by atoms with Crippen molar-refractivity contribution >= 4 is 17.5 Å². The zero-order valence-electron chi connectivity index (χ0n) is 12.5. The van der Waals surface area contributed by atoms with Crippen LogP contribution < -0.4 is 10.6 Å². The van der Waals surface area contributed by atoms with Crippen LogP contribution in [0.25, 0.3) is 0 Å². The topological polar surface area (TPSA) is 41.1 Å². The second kappa shape index (κ2) is 9.23. The lowest BCUT2D eigenvalue weighted by Crippen LogP contribution is -2.35. The van der Waals surface area contributed by atoms with Crippen LogP contribution in [0.5, 0.6) is 0 Å². The number of amides is 1. The number of benzene rings is 2. The molecular formula is C18H21ClN2O. The average molecular weight is 317 g/mol. The smallest absolute Gasteiger partial charge is 0.233 e. The van der Waals surface area contributed by atoms with Gasteiger partial charge in [0.1, 0.15) is 0 Å². The van der Waals surface area contributed by atoms with Crippen molar-refractivity contribution in [2.24, 2.45) is 0 Å². The van der Waals surface area contributed by atoms with Gasteiger partial charge in [0.2, 0.25) is 5.91 Å². The van der Waals surface area contributed by atoms with E-state index in [1.54, 1.807) is 0 Å². The lowest BCUT2D eigenvalue weighted by molar-refractivity contribution is -0.120. The summed E-state index contributed by atoms with van der Waals surface area (Å²) in [6.07, 6.45) is 1.72. The number of hydrogen-bond acceptors (Lipinski definition) is 2. The monoisotopic (exact) mass is 316 g/mol. The lowest BCUT2D eigenvalue weighted by Gasteiger charge is -2.07. The molecule has 0 aliphatic carbocycles. The summed E-state index contributed by atoms with van der Waals surface area (Å²) in [5.41, 5.74) is 2.40. The van der Waals surface area contributed by atoms with E-state index in [-0.39, 0.29) is 5.91 Å². The molecule has 0 radical (unpaired) electrons. The van der Waals surface area contributed by atoms with E-state index in [0.29, 0.717) is 13.1 Å². The van der Waals surface area contributed by atoms with Crippen LogP contribution in [0.15, 0.2) is 54.6 Å². The molecule has 2 aromatic rings. The summed E-state index contributed by atoms with van der Waals surface area (Å²) >= 11 is 5.92. The van der Waals surface area contributed by atoms with Gasteiger partial charge in [0, 0.05) is 11.6 Å². The first-order valence-corrected chi connectivity index (χ1v) is 7.87. The Balaban J connectivity index is 1.56. The third kappa shape index (κ3) is 6.29. The second-order valence-corrected chi connectivity index (χ2v) is 5.58. The summed E-state index contributed by atoms with van der Waals surface area (Å²) in [5.74, 6) is 0.0232. The van der Waals surface area contributed by atoms with Crippen molar-refractivity contribution < 1.29 is 4.79 Å². The Morgan fingerprint density at radius 1 is 0.909 bits per heavy atom. The van der Waals surface area contributed by atoms with Crippen molar-refractivity contribution in [1.82, 2.24) is 10.6 Å². The highest BCUT2D eigenvalue weighted by atomic mass is 35.5. The van der Waals surface area contributed by atoms with Crippen molar-refractivity contribution in [2.75, 3.05) is 19.6 Å². The first-order chi connectivity index (χ1) is 10.7. The van der Waals surface area contributed by atoms with Crippen LogP contribution in [0.2, 0.25) is 5.02 Å². The highest BCUT2D eigenvalue weighted by Crippen LogP contribution is 2.10. The van der Waals surface area contributed by atoms with Gasteiger partial charge < -0.3 is 10.6 Å². The van der Waals surface area contributed by atoms with Gasteiger partial charge in [0.15, 0.2) is 0 Å². The Hall–Kier alpha value is -1.84. The van der Waals surface area contributed by atoms with Crippen LogP contribution in [0.3, 0.4) is 0 Å². The number of rotatable bonds is 8. The molecule has 0 spiro atoms. The first-order valence-electron chi connectivity index (χ1n) is 7.50. The van der Waals surface area contributed by atoms with E-state index >= 15 is 0 Å². The van der Waals surface area contributed by atoms with E-state index in [0.717, 1.165) is 30.0 Å². The normalized spacial score (nSPS) is 10.4. The third-order valence-corrected chi connectivity index (χ3v) is 3.58. The largest absolute Gasteiger partial charge is 0.355 e. The third-order valence-electron chi connectivity index (χ3n) is 3.34. The molecule has 1 amide bonds. The first kappa shape index (κ1) is 16.5. The van der Waals surface area contributed by atoms with E-state index < -0.39 is 0 Å². The van der Waals surface area contributed by atoms with Gasteiger partial charge in [-0.2, -0.15) is 0 Å². The lowest BCUT2D eigenvalue weighted by atomic mass is 10.1. The Kier molecular flexibility index (Phi) is 6.94. The van der Waals surface area contributed by atoms with Gasteiger partial charge in [0.05, 0.1) is 6.54 Å². The van der Waals surface area contributed by atoms with Crippen LogP contribution in [-0.2, 0) is 17.6 Å². The molecule has 0 saturated carbocycles. The van der Waals surface area contributed by atoms with E-state index in [1.165, 1.54) is 5.56 Å². The predicted octanol–water partition coefficient (Wildman–Crippen LogP) is 2.83. The molecule has 2 aromatic carbocycles. The van der Waals surface area contributed by atoms with Crippen molar-refractivity contribution in [1.29, 1.82) is 0 Å². The molecule has 2 N–H and O–H groups in total. The summed E-state index contributed by atoms with van der Waals surface area (Å²) < 4.78 is 0. The minimum Gasteiger partial charge on any atom is -0.355 e. The molecule has 0 saturated heterocycles. The predicted molar refractivity (Wildman–Crippen MR) is 91.2 cm³/mol. The molecule has 0 atom stereocenters. The Morgan fingerprint density at radius 3 is 2.41 bits per heavy atom. The fraction of sp³-hybridized carbons (Fsp3) is 0.278. The summed E-state index contributed by atoms with van der Waals surface area (Å²) in [4.78, 5) is 11.7. The Bertz CT molecular complexity index is 587. The van der Waals surface area contributed by atoms with E-state index in [1.807, 2.05) is 42.5 Å². The summed E-state index contributed by atoms with van der Waals surface area (Å²) in [6, 6.07) is 17.9. The highest BCUT2D eigenvalue weighted by Gasteiger charge is 2.01. The van der Waals surface area contributed by atoms with Crippen molar-refractivity contribution in [3.8, 4) is 0 Å². The molecule has 0 unspecified atom stereocenters. The fourth-order valence-corrected chi connectivity index (χ4v) is 2.39. The quantitative estimate of drug-likeness (QED) is 0.735. The van der Waals surface area contributed by atoms with E-state index in [4.69, 9.17) is 11.6 Å². The zero-order valence-corrected chi connectivity index (χ0v) is 13.3. The maximum absolute atomic E-state index is 11.7. The van der Waals surface area contributed by atoms with Gasteiger partial charge >= 0.3 is 0 Å². The standard InChI is InChI=1S/C18H21ClN2O/c19-17-8-4-7-16(13-17)10-12-21-18(22)14-20-11-9-15-5-2-1-3-6-15/h1-8,13,20H,9-12,14H2,(H,21,22). The maximum atomic E-state index is 11.7. The Morgan fingerprint density at radius 2 is 1.64 bits per heavy atom. The summed E-state index contributed by atoms with van der Waals surface area (Å²) in [6.45, 7) is 1.77. The average Bonchev–Trinajstić information content (AvgIpc) is 2.53. The fourth-order valence-electron chi connectivity index (χ4n) is 2.18. The number of nitrogens with one attached hydrogen (secondary N) is 2. The van der Waals surface area contributed by atoms with Gasteiger partial charge in [-0.05, 0) is 42.6 Å².